The minimum absolute atomic E-state index is 0.0838. The maximum atomic E-state index is 13.2. The normalized spacial score (nSPS) is 25.9. The highest BCUT2D eigenvalue weighted by atomic mass is 32.2. The lowest BCUT2D eigenvalue weighted by atomic mass is 9.76. The summed E-state index contributed by atoms with van der Waals surface area (Å²) in [4.78, 5) is 23.6. The molecule has 1 saturated heterocycles. The summed E-state index contributed by atoms with van der Waals surface area (Å²) in [5.41, 5.74) is -0.238. The van der Waals surface area contributed by atoms with Crippen molar-refractivity contribution in [3.63, 3.8) is 0 Å². The van der Waals surface area contributed by atoms with Gasteiger partial charge in [0.2, 0.25) is 10.0 Å². The highest BCUT2D eigenvalue weighted by Crippen LogP contribution is 2.51. The number of alkyl carbamates (subject to hydrolysis) is 1. The summed E-state index contributed by atoms with van der Waals surface area (Å²) in [6.45, 7) is 7.83. The van der Waals surface area contributed by atoms with Gasteiger partial charge in [0, 0.05) is 31.1 Å². The van der Waals surface area contributed by atoms with Crippen LogP contribution in [0.5, 0.6) is 0 Å². The average Bonchev–Trinajstić information content (AvgIpc) is 3.23. The zero-order valence-electron chi connectivity index (χ0n) is 18.3. The van der Waals surface area contributed by atoms with E-state index in [2.05, 4.69) is 10.6 Å². The van der Waals surface area contributed by atoms with Crippen molar-refractivity contribution in [1.82, 2.24) is 14.9 Å². The van der Waals surface area contributed by atoms with Crippen LogP contribution in [-0.4, -0.2) is 61.3 Å². The smallest absolute Gasteiger partial charge is 0.407 e. The lowest BCUT2D eigenvalue weighted by molar-refractivity contribution is 0.0463. The number of piperidine rings is 1. The molecular weight excluding hydrogens is 422 g/mol. The summed E-state index contributed by atoms with van der Waals surface area (Å²) in [5.74, 6) is -0.0838. The van der Waals surface area contributed by atoms with Gasteiger partial charge in [-0.15, -0.1) is 0 Å². The molecule has 1 heterocycles. The van der Waals surface area contributed by atoms with Gasteiger partial charge in [-0.05, 0) is 58.6 Å². The van der Waals surface area contributed by atoms with E-state index in [1.165, 1.54) is 4.31 Å². The summed E-state index contributed by atoms with van der Waals surface area (Å²) in [6.07, 6.45) is -0.640. The van der Waals surface area contributed by atoms with Crippen molar-refractivity contribution < 1.29 is 27.9 Å². The molecule has 172 valence electrons. The third-order valence-corrected chi connectivity index (χ3v) is 8.01. The second kappa shape index (κ2) is 8.31. The summed E-state index contributed by atoms with van der Waals surface area (Å²) in [7, 11) is -3.64. The molecule has 0 radical (unpaired) electrons. The fourth-order valence-electron chi connectivity index (χ4n) is 4.60. The molecule has 3 N–H and O–H groups in total. The van der Waals surface area contributed by atoms with Crippen LogP contribution in [0.2, 0.25) is 0 Å². The van der Waals surface area contributed by atoms with Gasteiger partial charge >= 0.3 is 12.2 Å². The van der Waals surface area contributed by atoms with Gasteiger partial charge in [0.25, 0.3) is 0 Å². The van der Waals surface area contributed by atoms with E-state index in [4.69, 9.17) is 9.84 Å². The molecule has 2 amide bonds. The first-order chi connectivity index (χ1) is 14.3. The van der Waals surface area contributed by atoms with Gasteiger partial charge in [0.05, 0.1) is 4.90 Å². The molecule has 0 aromatic heterocycles. The van der Waals surface area contributed by atoms with Crippen LogP contribution in [0.15, 0.2) is 29.2 Å². The van der Waals surface area contributed by atoms with Crippen molar-refractivity contribution in [3.05, 3.63) is 29.8 Å². The topological polar surface area (TPSA) is 125 Å². The largest absolute Gasteiger partial charge is 0.465 e. The van der Waals surface area contributed by atoms with E-state index in [1.54, 1.807) is 45.0 Å². The summed E-state index contributed by atoms with van der Waals surface area (Å²) in [6, 6.07) is 6.52. The van der Waals surface area contributed by atoms with E-state index in [-0.39, 0.29) is 36.5 Å². The van der Waals surface area contributed by atoms with Crippen molar-refractivity contribution in [2.45, 2.75) is 57.1 Å². The van der Waals surface area contributed by atoms with Crippen molar-refractivity contribution in [3.8, 4) is 0 Å². The predicted octanol–water partition coefficient (Wildman–Crippen LogP) is 2.56. The fourth-order valence-corrected chi connectivity index (χ4v) is 6.28. The number of benzene rings is 1. The summed E-state index contributed by atoms with van der Waals surface area (Å²) >= 11 is 0. The van der Waals surface area contributed by atoms with E-state index in [1.807, 2.05) is 6.92 Å². The molecule has 1 aliphatic carbocycles. The molecule has 1 aliphatic heterocycles. The van der Waals surface area contributed by atoms with E-state index < -0.39 is 33.2 Å². The Morgan fingerprint density at radius 1 is 1.19 bits per heavy atom. The molecule has 9 nitrogen and oxygen atoms in total. The molecule has 2 aliphatic rings. The Kier molecular flexibility index (Phi) is 6.25. The Bertz CT molecular complexity index is 941. The van der Waals surface area contributed by atoms with Gasteiger partial charge < -0.3 is 20.5 Å². The standard InChI is InChI=1S/C21H31N3O6S/c1-14-5-7-17(8-6-14)31(28,29)24-11-15-9-16(24)10-21(15,12-22-18(25)26)13-23-19(27)30-20(2,3)4/h5-8,15-16,22H,9-13H2,1-4H3,(H,23,27)(H,25,26)/t15-,16-,21?/m1/s1. The van der Waals surface area contributed by atoms with Gasteiger partial charge in [-0.2, -0.15) is 4.31 Å². The minimum Gasteiger partial charge on any atom is -0.465 e. The van der Waals surface area contributed by atoms with E-state index in [9.17, 15) is 18.0 Å². The third kappa shape index (κ3) is 5.12. The van der Waals surface area contributed by atoms with Gasteiger partial charge in [-0.25, -0.2) is 18.0 Å². The molecule has 2 fully saturated rings. The van der Waals surface area contributed by atoms with Crippen molar-refractivity contribution in [2.24, 2.45) is 11.3 Å². The van der Waals surface area contributed by atoms with Crippen LogP contribution in [0.4, 0.5) is 9.59 Å². The molecule has 1 unspecified atom stereocenters. The zero-order valence-corrected chi connectivity index (χ0v) is 19.2. The van der Waals surface area contributed by atoms with Gasteiger partial charge in [-0.1, -0.05) is 17.7 Å². The maximum absolute atomic E-state index is 13.2. The van der Waals surface area contributed by atoms with Crippen LogP contribution in [0.25, 0.3) is 0 Å². The van der Waals surface area contributed by atoms with Crippen LogP contribution in [0.3, 0.4) is 0 Å². The molecule has 1 aromatic carbocycles. The maximum Gasteiger partial charge on any atom is 0.407 e. The molecule has 3 rings (SSSR count). The monoisotopic (exact) mass is 453 g/mol. The van der Waals surface area contributed by atoms with Crippen LogP contribution in [-0.2, 0) is 14.8 Å². The third-order valence-electron chi connectivity index (χ3n) is 6.08. The summed E-state index contributed by atoms with van der Waals surface area (Å²) in [5, 5.41) is 14.3. The number of carbonyl (C=O) groups excluding carboxylic acids is 1. The second-order valence-corrected chi connectivity index (χ2v) is 11.4. The number of carboxylic acid groups (broad SMARTS) is 1. The number of hydrogen-bond donors (Lipinski definition) is 3. The van der Waals surface area contributed by atoms with E-state index in [0.717, 1.165) is 5.56 Å². The second-order valence-electron chi connectivity index (χ2n) is 9.55. The first kappa shape index (κ1) is 23.3. The molecule has 31 heavy (non-hydrogen) atoms. The Labute approximate surface area is 183 Å². The number of sulfonamides is 1. The van der Waals surface area contributed by atoms with E-state index in [0.29, 0.717) is 12.8 Å². The SMILES string of the molecule is Cc1ccc(S(=O)(=O)N2C[C@H]3C[C@@H]2CC3(CNC(=O)O)CNC(=O)OC(C)(C)C)cc1. The highest BCUT2D eigenvalue weighted by Gasteiger charge is 2.57. The zero-order chi connectivity index (χ0) is 23.0. The molecule has 0 spiro atoms. The molecule has 10 heteroatoms. The number of fused-ring (bicyclic) bond motifs is 2. The summed E-state index contributed by atoms with van der Waals surface area (Å²) < 4.78 is 33.1. The van der Waals surface area contributed by atoms with Crippen molar-refractivity contribution >= 4 is 22.2 Å². The molecule has 1 saturated carbocycles. The predicted molar refractivity (Wildman–Crippen MR) is 114 cm³/mol. The quantitative estimate of drug-likeness (QED) is 0.608. The molecule has 2 bridgehead atoms. The van der Waals surface area contributed by atoms with Gasteiger partial charge in [-0.3, -0.25) is 0 Å². The van der Waals surface area contributed by atoms with E-state index >= 15 is 0 Å². The van der Waals surface area contributed by atoms with Gasteiger partial charge in [0.1, 0.15) is 5.60 Å². The highest BCUT2D eigenvalue weighted by molar-refractivity contribution is 7.89. The molecular formula is C21H31N3O6S. The van der Waals surface area contributed by atoms with Crippen LogP contribution < -0.4 is 10.6 Å². The minimum atomic E-state index is -3.64. The van der Waals surface area contributed by atoms with Crippen LogP contribution in [0.1, 0.15) is 39.2 Å². The van der Waals surface area contributed by atoms with Crippen LogP contribution >= 0.6 is 0 Å². The Morgan fingerprint density at radius 2 is 1.81 bits per heavy atom. The molecule has 1 aromatic rings. The first-order valence-electron chi connectivity index (χ1n) is 10.3. The van der Waals surface area contributed by atoms with Crippen LogP contribution in [0, 0.1) is 18.3 Å². The number of amides is 2. The Hall–Kier alpha value is -2.33. The average molecular weight is 454 g/mol. The Balaban J connectivity index is 1.75. The number of rotatable bonds is 6. The lowest BCUT2D eigenvalue weighted by Crippen LogP contribution is -2.53. The molecule has 3 atom stereocenters. The fraction of sp³-hybridized carbons (Fsp3) is 0.619. The number of ether oxygens (including phenoxy) is 1. The number of aryl methyl sites for hydroxylation is 1. The number of carbonyl (C=O) groups is 2. The van der Waals surface area contributed by atoms with Crippen molar-refractivity contribution in [2.75, 3.05) is 19.6 Å². The van der Waals surface area contributed by atoms with Gasteiger partial charge in [0.15, 0.2) is 0 Å². The number of nitrogens with zero attached hydrogens (tertiary/aromatic N) is 1. The Morgan fingerprint density at radius 3 is 2.32 bits per heavy atom. The number of hydrogen-bond acceptors (Lipinski definition) is 5. The lowest BCUT2D eigenvalue weighted by Gasteiger charge is -2.41. The first-order valence-corrected chi connectivity index (χ1v) is 11.8. The van der Waals surface area contributed by atoms with Crippen molar-refractivity contribution in [1.29, 1.82) is 0 Å². The number of nitrogens with one attached hydrogen (secondary N) is 2.